The van der Waals surface area contributed by atoms with Gasteiger partial charge in [-0.25, -0.2) is 27.2 Å². The third-order valence-corrected chi connectivity index (χ3v) is 16.9. The number of fused-ring (bicyclic) bond motifs is 6. The largest absolute Gasteiger partial charge is 1.00 e. The zero-order valence-corrected chi connectivity index (χ0v) is 47.1. The van der Waals surface area contributed by atoms with E-state index in [9.17, 15) is 40.3 Å². The number of rotatable bonds is 16. The van der Waals surface area contributed by atoms with Gasteiger partial charge in [-0.15, -0.1) is 0 Å². The van der Waals surface area contributed by atoms with E-state index < -0.39 is 47.6 Å². The van der Waals surface area contributed by atoms with Gasteiger partial charge in [0.05, 0.1) is 71.7 Å². The summed E-state index contributed by atoms with van der Waals surface area (Å²) in [6.45, 7) is 8.24. The molecule has 0 aliphatic carbocycles. The molecular formula is C59H62BrF7N4O7S2. The van der Waals surface area contributed by atoms with Gasteiger partial charge in [0.2, 0.25) is 0 Å². The van der Waals surface area contributed by atoms with Gasteiger partial charge in [-0.3, -0.25) is 9.80 Å². The summed E-state index contributed by atoms with van der Waals surface area (Å²) in [7, 11) is 1.43. The number of carbonyl (C=O) groups is 3. The summed E-state index contributed by atoms with van der Waals surface area (Å²) in [6, 6.07) is 30.5. The maximum Gasteiger partial charge on any atom is 0.430 e. The molecule has 12 rings (SSSR count). The SMILES string of the molecule is COc1ccc(N(Cc2ccsc2)C(=O)O[C@H]2C[N+]3(CC=Cc4ccccc4)CCC2CC3)cc1F.O=C(O[C@H]1C[N+]2(CCc3ccccc3)CCC1CC2)N(Cc1ccsc1)Cc1cc(F)c(F)cc1F.O=C([O-])C(F)(F)F.[Br-]. The molecule has 6 fully saturated rings. The van der Waals surface area contributed by atoms with Crippen molar-refractivity contribution in [3.63, 3.8) is 0 Å². The Kier molecular flexibility index (Phi) is 21.4. The predicted octanol–water partition coefficient (Wildman–Crippen LogP) is 8.82. The van der Waals surface area contributed by atoms with E-state index in [1.54, 1.807) is 23.5 Å². The van der Waals surface area contributed by atoms with Crippen molar-refractivity contribution < 1.29 is 90.4 Å². The maximum absolute atomic E-state index is 14.5. The minimum absolute atomic E-state index is 0. The van der Waals surface area contributed by atoms with E-state index in [-0.39, 0.29) is 53.6 Å². The van der Waals surface area contributed by atoms with Gasteiger partial charge < -0.3 is 50.1 Å². The predicted molar refractivity (Wildman–Crippen MR) is 285 cm³/mol. The quantitative estimate of drug-likeness (QED) is 0.0542. The molecular weight excluding hydrogens is 1150 g/mol. The number of ether oxygens (including phenoxy) is 3. The van der Waals surface area contributed by atoms with Gasteiger partial charge in [0.25, 0.3) is 0 Å². The Morgan fingerprint density at radius 3 is 1.77 bits per heavy atom. The first-order valence-corrected chi connectivity index (χ1v) is 28.0. The lowest BCUT2D eigenvalue weighted by atomic mass is 9.83. The lowest BCUT2D eigenvalue weighted by Crippen LogP contribution is -3.00. The van der Waals surface area contributed by atoms with Crippen molar-refractivity contribution in [1.29, 1.82) is 0 Å². The molecule has 0 radical (unpaired) electrons. The van der Waals surface area contributed by atoms with Gasteiger partial charge >= 0.3 is 18.4 Å². The highest BCUT2D eigenvalue weighted by Crippen LogP contribution is 2.38. The molecule has 2 aromatic heterocycles. The molecule has 21 heteroatoms. The van der Waals surface area contributed by atoms with Gasteiger partial charge in [-0.05, 0) is 80.2 Å². The average Bonchev–Trinajstić information content (AvgIpc) is 4.18. The summed E-state index contributed by atoms with van der Waals surface area (Å²) in [4.78, 5) is 38.6. The Labute approximate surface area is 479 Å². The number of piperidine rings is 6. The Morgan fingerprint density at radius 1 is 0.662 bits per heavy atom. The van der Waals surface area contributed by atoms with Crippen LogP contribution in [0.4, 0.5) is 46.0 Å². The monoisotopic (exact) mass is 1210 g/mol. The number of quaternary nitrogens is 2. The van der Waals surface area contributed by atoms with Crippen molar-refractivity contribution in [1.82, 2.24) is 4.90 Å². The smallest absolute Gasteiger partial charge is 0.430 e. The van der Waals surface area contributed by atoms with Crippen LogP contribution in [0.15, 0.2) is 131 Å². The second-order valence-electron chi connectivity index (χ2n) is 20.6. The highest BCUT2D eigenvalue weighted by molar-refractivity contribution is 7.08. The van der Waals surface area contributed by atoms with Crippen LogP contribution in [0.3, 0.4) is 0 Å². The zero-order chi connectivity index (χ0) is 56.2. The highest BCUT2D eigenvalue weighted by Gasteiger charge is 2.49. The van der Waals surface area contributed by atoms with Crippen molar-refractivity contribution in [3.8, 4) is 5.75 Å². The van der Waals surface area contributed by atoms with Crippen LogP contribution in [0.5, 0.6) is 5.75 Å². The number of thiophene rings is 2. The highest BCUT2D eigenvalue weighted by atomic mass is 79.9. The number of amides is 2. The number of carboxylic acid groups (broad SMARTS) is 1. The number of hydrogen-bond acceptors (Lipinski definition) is 9. The molecule has 8 heterocycles. The first-order valence-electron chi connectivity index (χ1n) is 26.1. The van der Waals surface area contributed by atoms with E-state index in [1.807, 2.05) is 57.9 Å². The fraction of sp³-hybridized carbons (Fsp3) is 0.373. The van der Waals surface area contributed by atoms with E-state index in [1.165, 1.54) is 45.4 Å². The fourth-order valence-corrected chi connectivity index (χ4v) is 12.3. The number of benzene rings is 4. The van der Waals surface area contributed by atoms with Crippen LogP contribution < -0.4 is 31.7 Å². The normalized spacial score (nSPS) is 21.7. The Hall–Kier alpha value is -6.26. The number of alkyl halides is 3. The fourth-order valence-electron chi connectivity index (χ4n) is 11.0. The molecule has 0 spiro atoms. The average molecular weight is 1220 g/mol. The van der Waals surface area contributed by atoms with E-state index >= 15 is 0 Å². The first-order chi connectivity index (χ1) is 37.9. The van der Waals surface area contributed by atoms with Crippen molar-refractivity contribution in [3.05, 3.63) is 182 Å². The van der Waals surface area contributed by atoms with Gasteiger partial charge in [0, 0.05) is 61.6 Å². The van der Waals surface area contributed by atoms with Crippen LogP contribution in [-0.2, 0) is 40.3 Å². The van der Waals surface area contributed by atoms with Crippen LogP contribution in [0.1, 0.15) is 53.5 Å². The number of aliphatic carboxylic acids is 1. The molecule has 6 aromatic rings. The van der Waals surface area contributed by atoms with Gasteiger partial charge in [0.1, 0.15) is 24.9 Å². The molecule has 2 atom stereocenters. The number of carbonyl (C=O) groups excluding carboxylic acids is 3. The van der Waals surface area contributed by atoms with Crippen LogP contribution in [0.2, 0.25) is 0 Å². The molecule has 4 aromatic carbocycles. The second-order valence-corrected chi connectivity index (χ2v) is 22.1. The van der Waals surface area contributed by atoms with E-state index in [4.69, 9.17) is 24.1 Å². The minimum Gasteiger partial charge on any atom is -1.00 e. The summed E-state index contributed by atoms with van der Waals surface area (Å²) in [5, 5.41) is 16.5. The van der Waals surface area contributed by atoms with E-state index in [2.05, 4.69) is 48.6 Å². The van der Waals surface area contributed by atoms with Crippen molar-refractivity contribution in [2.45, 2.75) is 70.1 Å². The molecule has 4 bridgehead atoms. The number of carboxylic acids is 1. The molecule has 6 saturated heterocycles. The van der Waals surface area contributed by atoms with E-state index in [0.29, 0.717) is 30.1 Å². The van der Waals surface area contributed by atoms with Crippen molar-refractivity contribution >= 4 is 52.6 Å². The molecule has 0 N–H and O–H groups in total. The molecule has 428 valence electrons. The van der Waals surface area contributed by atoms with E-state index in [0.717, 1.165) is 111 Å². The minimum atomic E-state index is -5.19. The maximum atomic E-state index is 14.5. The van der Waals surface area contributed by atoms with Gasteiger partial charge in [-0.1, -0.05) is 66.7 Å². The second kappa shape index (κ2) is 27.9. The number of anilines is 1. The molecule has 0 saturated carbocycles. The molecule has 6 aliphatic rings. The third kappa shape index (κ3) is 16.4. The Bertz CT molecular complexity index is 2980. The summed E-state index contributed by atoms with van der Waals surface area (Å²) in [6.07, 6.45) is 3.01. The molecule has 2 amide bonds. The van der Waals surface area contributed by atoms with Crippen molar-refractivity contribution in [2.75, 3.05) is 64.4 Å². The molecule has 80 heavy (non-hydrogen) atoms. The number of halogens is 8. The Balaban J connectivity index is 0.000000204. The Morgan fingerprint density at radius 2 is 1.21 bits per heavy atom. The van der Waals surface area contributed by atoms with Gasteiger partial charge in [0.15, 0.2) is 35.4 Å². The first kappa shape index (κ1) is 61.4. The molecule has 11 nitrogen and oxygen atoms in total. The summed E-state index contributed by atoms with van der Waals surface area (Å²) in [5.74, 6) is -5.95. The standard InChI is InChI=1S/C29H32FN2O3S.C28H30F3N2O2S.C2HF3O2.BrH/c1-34-27-10-9-25(18-26(27)30)31(19-23-13-17-36-21-23)29(33)35-28-20-32(15-11-24(28)12-16-32)14-5-8-22-6-3-2-4-7-22;29-24-15-26(31)25(30)14-23(24)17-32(16-21-9-13-36-19-21)28(34)35-27-18-33(11-7-22(27)8-12-33)10-6-20-4-2-1-3-5-20;3-2(4,5)1(6)7;/h2-10,13,17-18,21,24,28H,11-12,14-16,19-20H2,1H3;1-5,9,13-15,19,22,27H,6-8,10-12,16-18H2;(H,6,7);1H/q2*+1;;/p-2/t24?,28-,32?;22?,27-,33?;;/m00../s1. The zero-order valence-electron chi connectivity index (χ0n) is 43.9. The van der Waals surface area contributed by atoms with Crippen molar-refractivity contribution in [2.24, 2.45) is 11.8 Å². The summed E-state index contributed by atoms with van der Waals surface area (Å²) < 4.78 is 107. The molecule has 6 aliphatic heterocycles. The topological polar surface area (TPSA) is 108 Å². The van der Waals surface area contributed by atoms with Crippen LogP contribution in [0, 0.1) is 35.1 Å². The van der Waals surface area contributed by atoms with Crippen LogP contribution in [-0.4, -0.2) is 110 Å². The number of nitrogens with zero attached hydrogens (tertiary/aromatic N) is 4. The lowest BCUT2D eigenvalue weighted by Gasteiger charge is -2.52. The lowest BCUT2D eigenvalue weighted by molar-refractivity contribution is -0.946. The molecule has 0 unspecified atom stereocenters. The summed E-state index contributed by atoms with van der Waals surface area (Å²) >= 11 is 3.06. The number of methoxy groups -OCH3 is 1. The van der Waals surface area contributed by atoms with Crippen LogP contribution in [0.25, 0.3) is 6.08 Å². The third-order valence-electron chi connectivity index (χ3n) is 15.4. The number of hydrogen-bond donors (Lipinski definition) is 0. The van der Waals surface area contributed by atoms with Gasteiger partial charge in [-0.2, -0.15) is 35.8 Å². The summed E-state index contributed by atoms with van der Waals surface area (Å²) in [5.41, 5.74) is 4.74. The van der Waals surface area contributed by atoms with Crippen LogP contribution >= 0.6 is 22.7 Å².